The first-order valence-corrected chi connectivity index (χ1v) is 9.45. The fourth-order valence-electron chi connectivity index (χ4n) is 4.20. The number of nitrogens with zero attached hydrogens (tertiary/aromatic N) is 4. The fraction of sp³-hybridized carbons (Fsp3) is 0.400. The van der Waals surface area contributed by atoms with Gasteiger partial charge >= 0.3 is 0 Å². The molecule has 7 heteroatoms. The van der Waals surface area contributed by atoms with Crippen LogP contribution in [0.4, 0.5) is 5.82 Å². The molecule has 0 spiro atoms. The second kappa shape index (κ2) is 6.04. The number of hydrogen-bond acceptors (Lipinski definition) is 5. The number of fused-ring (bicyclic) bond motifs is 2. The van der Waals surface area contributed by atoms with Crippen molar-refractivity contribution in [1.82, 2.24) is 24.8 Å². The molecule has 1 aromatic carbocycles. The summed E-state index contributed by atoms with van der Waals surface area (Å²) in [5.74, 6) is 0.896. The third-order valence-electron chi connectivity index (χ3n) is 5.70. The quantitative estimate of drug-likeness (QED) is 0.745. The van der Waals surface area contributed by atoms with Gasteiger partial charge in [-0.3, -0.25) is 4.79 Å². The SMILES string of the molecule is Cc1cccc2c1C(=O)N(C1CC1)C([C@H](C)Nc1ncnc3nc[nH]c13)C2. The number of hydrogen-bond donors (Lipinski definition) is 2. The number of benzene rings is 1. The minimum absolute atomic E-state index is 0.0459. The van der Waals surface area contributed by atoms with Gasteiger partial charge in [0.1, 0.15) is 11.8 Å². The average molecular weight is 362 g/mol. The highest BCUT2D eigenvalue weighted by molar-refractivity contribution is 5.99. The number of imidazole rings is 1. The van der Waals surface area contributed by atoms with E-state index < -0.39 is 0 Å². The van der Waals surface area contributed by atoms with Gasteiger partial charge in [0, 0.05) is 17.6 Å². The maximum atomic E-state index is 13.3. The molecule has 0 saturated heterocycles. The highest BCUT2D eigenvalue weighted by atomic mass is 16.2. The molecular weight excluding hydrogens is 340 g/mol. The highest BCUT2D eigenvalue weighted by Gasteiger charge is 2.43. The van der Waals surface area contributed by atoms with Gasteiger partial charge in [0.2, 0.25) is 0 Å². The van der Waals surface area contributed by atoms with Crippen molar-refractivity contribution in [1.29, 1.82) is 0 Å². The van der Waals surface area contributed by atoms with Crippen molar-refractivity contribution in [3.63, 3.8) is 0 Å². The van der Waals surface area contributed by atoms with E-state index in [4.69, 9.17) is 0 Å². The molecule has 1 amide bonds. The van der Waals surface area contributed by atoms with Gasteiger partial charge in [-0.05, 0) is 44.2 Å². The summed E-state index contributed by atoms with van der Waals surface area (Å²) in [4.78, 5) is 31.3. The van der Waals surface area contributed by atoms with E-state index in [9.17, 15) is 4.79 Å². The second-order valence-electron chi connectivity index (χ2n) is 7.58. The zero-order chi connectivity index (χ0) is 18.5. The minimum atomic E-state index is 0.0459. The van der Waals surface area contributed by atoms with E-state index in [0.717, 1.165) is 47.3 Å². The Hall–Kier alpha value is -2.96. The summed E-state index contributed by atoms with van der Waals surface area (Å²) >= 11 is 0. The molecule has 1 saturated carbocycles. The number of H-pyrrole nitrogens is 1. The largest absolute Gasteiger partial charge is 0.364 e. The Balaban J connectivity index is 1.49. The van der Waals surface area contributed by atoms with Crippen LogP contribution in [0.1, 0.15) is 41.3 Å². The molecule has 138 valence electrons. The van der Waals surface area contributed by atoms with Crippen LogP contribution >= 0.6 is 0 Å². The second-order valence-corrected chi connectivity index (χ2v) is 7.58. The molecular formula is C20H22N6O. The van der Waals surface area contributed by atoms with E-state index >= 15 is 0 Å². The van der Waals surface area contributed by atoms with E-state index in [0.29, 0.717) is 11.7 Å². The van der Waals surface area contributed by atoms with Crippen molar-refractivity contribution in [2.24, 2.45) is 0 Å². The molecule has 0 radical (unpaired) electrons. The first kappa shape index (κ1) is 16.2. The lowest BCUT2D eigenvalue weighted by Crippen LogP contribution is -2.54. The predicted octanol–water partition coefficient (Wildman–Crippen LogP) is 2.69. The number of carbonyl (C=O) groups is 1. The van der Waals surface area contributed by atoms with Crippen LogP contribution in [0, 0.1) is 6.92 Å². The van der Waals surface area contributed by atoms with Gasteiger partial charge in [0.25, 0.3) is 5.91 Å². The number of nitrogens with one attached hydrogen (secondary N) is 2. The molecule has 1 unspecified atom stereocenters. The van der Waals surface area contributed by atoms with E-state index in [1.807, 2.05) is 19.1 Å². The smallest absolute Gasteiger partial charge is 0.254 e. The Morgan fingerprint density at radius 3 is 2.93 bits per heavy atom. The number of rotatable bonds is 4. The number of amides is 1. The molecule has 2 N–H and O–H groups in total. The van der Waals surface area contributed by atoms with Crippen LogP contribution in [0.15, 0.2) is 30.9 Å². The summed E-state index contributed by atoms with van der Waals surface area (Å²) in [6.45, 7) is 4.15. The Morgan fingerprint density at radius 2 is 2.11 bits per heavy atom. The Kier molecular flexibility index (Phi) is 3.63. The van der Waals surface area contributed by atoms with Crippen molar-refractivity contribution < 1.29 is 4.79 Å². The van der Waals surface area contributed by atoms with Crippen LogP contribution in [-0.2, 0) is 6.42 Å². The van der Waals surface area contributed by atoms with Crippen molar-refractivity contribution in [2.45, 2.75) is 51.2 Å². The molecule has 2 aromatic heterocycles. The van der Waals surface area contributed by atoms with Crippen LogP contribution in [0.3, 0.4) is 0 Å². The van der Waals surface area contributed by atoms with Gasteiger partial charge in [-0.1, -0.05) is 18.2 Å². The summed E-state index contributed by atoms with van der Waals surface area (Å²) in [6, 6.07) is 6.65. The monoisotopic (exact) mass is 362 g/mol. The number of carbonyl (C=O) groups excluding carboxylic acids is 1. The van der Waals surface area contributed by atoms with Gasteiger partial charge in [-0.15, -0.1) is 0 Å². The minimum Gasteiger partial charge on any atom is -0.364 e. The summed E-state index contributed by atoms with van der Waals surface area (Å²) in [7, 11) is 0. The van der Waals surface area contributed by atoms with Crippen LogP contribution < -0.4 is 5.32 Å². The molecule has 1 aliphatic heterocycles. The lowest BCUT2D eigenvalue weighted by molar-refractivity contribution is 0.0612. The molecule has 5 rings (SSSR count). The van der Waals surface area contributed by atoms with Gasteiger partial charge < -0.3 is 15.2 Å². The summed E-state index contributed by atoms with van der Waals surface area (Å²) in [5, 5.41) is 3.50. The van der Waals surface area contributed by atoms with Crippen molar-refractivity contribution in [3.05, 3.63) is 47.5 Å². The molecule has 1 fully saturated rings. The average Bonchev–Trinajstić information content (AvgIpc) is 3.37. The van der Waals surface area contributed by atoms with Gasteiger partial charge in [0.15, 0.2) is 11.5 Å². The molecule has 1 aliphatic carbocycles. The molecule has 7 nitrogen and oxygen atoms in total. The predicted molar refractivity (Wildman–Crippen MR) is 103 cm³/mol. The van der Waals surface area contributed by atoms with Crippen LogP contribution in [0.2, 0.25) is 0 Å². The van der Waals surface area contributed by atoms with Crippen LogP contribution in [0.25, 0.3) is 11.2 Å². The summed E-state index contributed by atoms with van der Waals surface area (Å²) in [5.41, 5.74) is 4.54. The Bertz CT molecular complexity index is 1020. The lowest BCUT2D eigenvalue weighted by Gasteiger charge is -2.41. The number of aromatic amines is 1. The molecule has 2 atom stereocenters. The summed E-state index contributed by atoms with van der Waals surface area (Å²) < 4.78 is 0. The normalized spacial score (nSPS) is 20.6. The molecule has 3 aromatic rings. The maximum absolute atomic E-state index is 13.3. The zero-order valence-electron chi connectivity index (χ0n) is 15.4. The first-order chi connectivity index (χ1) is 13.1. The molecule has 27 heavy (non-hydrogen) atoms. The van der Waals surface area contributed by atoms with Gasteiger partial charge in [-0.2, -0.15) is 0 Å². The highest BCUT2D eigenvalue weighted by Crippen LogP contribution is 2.37. The lowest BCUT2D eigenvalue weighted by atomic mass is 9.87. The van der Waals surface area contributed by atoms with E-state index in [1.54, 1.807) is 6.33 Å². The number of anilines is 1. The van der Waals surface area contributed by atoms with Crippen molar-refractivity contribution >= 4 is 22.9 Å². The van der Waals surface area contributed by atoms with E-state index in [2.05, 4.69) is 43.1 Å². The zero-order valence-corrected chi connectivity index (χ0v) is 15.4. The standard InChI is InChI=1S/C20H22N6O/c1-11-4-3-5-13-8-15(26(14-6-7-14)20(27)16(11)13)12(2)25-19-17-18(22-9-21-17)23-10-24-19/h3-5,9-10,12,14-15H,6-8H2,1-2H3,(H2,21,22,23,24,25)/t12-,15?/m0/s1. The topological polar surface area (TPSA) is 86.8 Å². The fourth-order valence-corrected chi connectivity index (χ4v) is 4.20. The van der Waals surface area contributed by atoms with E-state index in [1.165, 1.54) is 6.33 Å². The Labute approximate surface area is 157 Å². The van der Waals surface area contributed by atoms with Gasteiger partial charge in [0.05, 0.1) is 12.4 Å². The first-order valence-electron chi connectivity index (χ1n) is 9.45. The third kappa shape index (κ3) is 2.65. The number of aromatic nitrogens is 4. The van der Waals surface area contributed by atoms with Crippen LogP contribution in [0.5, 0.6) is 0 Å². The summed E-state index contributed by atoms with van der Waals surface area (Å²) in [6.07, 6.45) is 6.17. The van der Waals surface area contributed by atoms with Crippen molar-refractivity contribution in [2.75, 3.05) is 5.32 Å². The van der Waals surface area contributed by atoms with Crippen LogP contribution in [-0.4, -0.2) is 48.9 Å². The molecule has 2 aliphatic rings. The maximum Gasteiger partial charge on any atom is 0.254 e. The van der Waals surface area contributed by atoms with E-state index in [-0.39, 0.29) is 18.0 Å². The molecule has 3 heterocycles. The third-order valence-corrected chi connectivity index (χ3v) is 5.70. The Morgan fingerprint density at radius 1 is 1.26 bits per heavy atom. The van der Waals surface area contributed by atoms with Crippen molar-refractivity contribution in [3.8, 4) is 0 Å². The molecule has 0 bridgehead atoms. The van der Waals surface area contributed by atoms with Gasteiger partial charge in [-0.25, -0.2) is 15.0 Å². The number of aryl methyl sites for hydroxylation is 1.